The molecule has 0 aliphatic heterocycles. The van der Waals surface area contributed by atoms with Crippen molar-refractivity contribution < 1.29 is 9.31 Å². The average Bonchev–Trinajstić information content (AvgIpc) is 2.29. The number of nitro benzene ring substituents is 1. The predicted octanol–water partition coefficient (Wildman–Crippen LogP) is 3.80. The first kappa shape index (κ1) is 14.1. The molecule has 0 heterocycles. The number of nitrogens with one attached hydrogen (secondary N) is 1. The normalized spacial score (nSPS) is 12.2. The minimum absolute atomic E-state index is 0.0842. The summed E-state index contributed by atoms with van der Waals surface area (Å²) in [4.78, 5) is 10.3. The molecule has 1 N–H and O–H groups in total. The largest absolute Gasteiger partial charge is 0.379 e. The summed E-state index contributed by atoms with van der Waals surface area (Å²) in [6.45, 7) is 4.66. The van der Waals surface area contributed by atoms with Crippen molar-refractivity contribution >= 4 is 34.0 Å². The quantitative estimate of drug-likeness (QED) is 0.498. The van der Waals surface area contributed by atoms with E-state index in [2.05, 4.69) is 5.32 Å². The zero-order valence-corrected chi connectivity index (χ0v) is 11.8. The molecule has 6 heteroatoms. The van der Waals surface area contributed by atoms with E-state index in [1.165, 1.54) is 12.1 Å². The summed E-state index contributed by atoms with van der Waals surface area (Å²) in [7, 11) is 0. The molecule has 0 radical (unpaired) electrons. The molecule has 4 nitrogen and oxygen atoms in total. The Hall–Kier alpha value is -0.920. The predicted molar refractivity (Wildman–Crippen MR) is 73.7 cm³/mol. The number of nitro groups is 1. The van der Waals surface area contributed by atoms with E-state index < -0.39 is 10.7 Å². The second-order valence-corrected chi connectivity index (χ2v) is 5.10. The van der Waals surface area contributed by atoms with Crippen molar-refractivity contribution in [1.29, 1.82) is 0 Å². The first-order chi connectivity index (χ1) is 7.95. The van der Waals surface area contributed by atoms with Crippen LogP contribution in [-0.2, 0) is 0 Å². The van der Waals surface area contributed by atoms with E-state index in [1.807, 2.05) is 13.8 Å². The molecule has 0 aliphatic carbocycles. The van der Waals surface area contributed by atoms with Crippen LogP contribution in [0.2, 0.25) is 0 Å². The van der Waals surface area contributed by atoms with Crippen molar-refractivity contribution in [2.24, 2.45) is 5.92 Å². The maximum atomic E-state index is 13.4. The van der Waals surface area contributed by atoms with Gasteiger partial charge in [0, 0.05) is 18.7 Å². The van der Waals surface area contributed by atoms with Crippen LogP contribution in [0.15, 0.2) is 12.1 Å². The van der Waals surface area contributed by atoms with Gasteiger partial charge in [-0.15, -0.1) is 0 Å². The Morgan fingerprint density at radius 2 is 2.24 bits per heavy atom. The fourth-order valence-corrected chi connectivity index (χ4v) is 1.71. The molecule has 0 spiro atoms. The van der Waals surface area contributed by atoms with Gasteiger partial charge in [0.2, 0.25) is 0 Å². The van der Waals surface area contributed by atoms with Gasteiger partial charge in [0.25, 0.3) is 5.69 Å². The van der Waals surface area contributed by atoms with Crippen molar-refractivity contribution in [3.05, 3.63) is 31.6 Å². The lowest BCUT2D eigenvalue weighted by atomic mass is 10.1. The average molecular weight is 352 g/mol. The second-order valence-electron chi connectivity index (χ2n) is 3.93. The lowest BCUT2D eigenvalue weighted by molar-refractivity contribution is -0.384. The molecule has 0 fully saturated rings. The summed E-state index contributed by atoms with van der Waals surface area (Å²) in [5, 5.41) is 13.8. The number of hydrogen-bond acceptors (Lipinski definition) is 3. The van der Waals surface area contributed by atoms with Crippen molar-refractivity contribution in [2.75, 3.05) is 11.9 Å². The number of nitrogens with zero attached hydrogens (tertiary/aromatic N) is 1. The van der Waals surface area contributed by atoms with Gasteiger partial charge in [-0.05, 0) is 28.5 Å². The van der Waals surface area contributed by atoms with Crippen LogP contribution in [0.1, 0.15) is 20.3 Å². The van der Waals surface area contributed by atoms with E-state index in [4.69, 9.17) is 0 Å². The van der Waals surface area contributed by atoms with Crippen molar-refractivity contribution in [3.63, 3.8) is 0 Å². The fourth-order valence-electron chi connectivity index (χ4n) is 1.26. The van der Waals surface area contributed by atoms with E-state index in [0.29, 0.717) is 12.5 Å². The SMILES string of the molecule is CCC(C)CNc1cc(F)c(I)cc1[N+](=O)[O-]. The molecule has 0 amide bonds. The first-order valence-corrected chi connectivity index (χ1v) is 6.40. The molecular weight excluding hydrogens is 338 g/mol. The Kier molecular flexibility index (Phi) is 5.10. The molecule has 1 rings (SSSR count). The molecule has 1 unspecified atom stereocenters. The molecular formula is C11H14FIN2O2. The third kappa shape index (κ3) is 3.79. The van der Waals surface area contributed by atoms with Crippen LogP contribution in [0.5, 0.6) is 0 Å². The number of halogens is 2. The highest BCUT2D eigenvalue weighted by atomic mass is 127. The molecule has 94 valence electrons. The Bertz CT molecular complexity index is 426. The molecule has 0 aliphatic rings. The zero-order chi connectivity index (χ0) is 13.0. The molecule has 0 saturated carbocycles. The van der Waals surface area contributed by atoms with Crippen molar-refractivity contribution in [3.8, 4) is 0 Å². The van der Waals surface area contributed by atoms with Crippen LogP contribution in [-0.4, -0.2) is 11.5 Å². The smallest absolute Gasteiger partial charge is 0.293 e. The first-order valence-electron chi connectivity index (χ1n) is 5.33. The number of benzene rings is 1. The lowest BCUT2D eigenvalue weighted by Gasteiger charge is -2.12. The number of anilines is 1. The fraction of sp³-hybridized carbons (Fsp3) is 0.455. The highest BCUT2D eigenvalue weighted by molar-refractivity contribution is 14.1. The van der Waals surface area contributed by atoms with Gasteiger partial charge in [-0.2, -0.15) is 0 Å². The minimum Gasteiger partial charge on any atom is -0.379 e. The van der Waals surface area contributed by atoms with Gasteiger partial charge >= 0.3 is 0 Å². The maximum Gasteiger partial charge on any atom is 0.293 e. The number of hydrogen-bond donors (Lipinski definition) is 1. The summed E-state index contributed by atoms with van der Waals surface area (Å²) >= 11 is 1.74. The van der Waals surface area contributed by atoms with Gasteiger partial charge in [0.1, 0.15) is 11.5 Å². The van der Waals surface area contributed by atoms with Crippen LogP contribution >= 0.6 is 22.6 Å². The summed E-state index contributed by atoms with van der Waals surface area (Å²) in [5.41, 5.74) is 0.160. The van der Waals surface area contributed by atoms with Crippen LogP contribution in [0.3, 0.4) is 0 Å². The molecule has 0 aromatic heterocycles. The number of rotatable bonds is 5. The summed E-state index contributed by atoms with van der Waals surface area (Å²) in [5.74, 6) is -0.0557. The topological polar surface area (TPSA) is 55.2 Å². The van der Waals surface area contributed by atoms with Crippen LogP contribution in [0.25, 0.3) is 0 Å². The van der Waals surface area contributed by atoms with Crippen LogP contribution in [0.4, 0.5) is 15.8 Å². The molecule has 1 atom stereocenters. The third-order valence-electron chi connectivity index (χ3n) is 2.57. The maximum absolute atomic E-state index is 13.4. The molecule has 0 saturated heterocycles. The Morgan fingerprint density at radius 3 is 2.76 bits per heavy atom. The van der Waals surface area contributed by atoms with Gasteiger partial charge in [-0.25, -0.2) is 4.39 Å². The molecule has 1 aromatic rings. The van der Waals surface area contributed by atoms with Crippen molar-refractivity contribution in [2.45, 2.75) is 20.3 Å². The van der Waals surface area contributed by atoms with Gasteiger partial charge in [0.05, 0.1) is 8.49 Å². The molecule has 17 heavy (non-hydrogen) atoms. The van der Waals surface area contributed by atoms with E-state index in [1.54, 1.807) is 22.6 Å². The monoisotopic (exact) mass is 352 g/mol. The Balaban J connectivity index is 2.96. The van der Waals surface area contributed by atoms with Gasteiger partial charge in [0.15, 0.2) is 0 Å². The summed E-state index contributed by atoms with van der Waals surface area (Å²) in [6.07, 6.45) is 0.966. The Labute approximate surface area is 113 Å². The molecule has 1 aromatic carbocycles. The lowest BCUT2D eigenvalue weighted by Crippen LogP contribution is -2.12. The minimum atomic E-state index is -0.499. The highest BCUT2D eigenvalue weighted by Crippen LogP contribution is 2.28. The third-order valence-corrected chi connectivity index (χ3v) is 3.40. The van der Waals surface area contributed by atoms with E-state index in [0.717, 1.165) is 6.42 Å². The summed E-state index contributed by atoms with van der Waals surface area (Å²) < 4.78 is 13.6. The second kappa shape index (κ2) is 6.13. The van der Waals surface area contributed by atoms with Gasteiger partial charge < -0.3 is 5.32 Å². The van der Waals surface area contributed by atoms with Gasteiger partial charge in [-0.3, -0.25) is 10.1 Å². The van der Waals surface area contributed by atoms with Crippen LogP contribution in [0, 0.1) is 25.4 Å². The standard InChI is InChI=1S/C11H14FIN2O2/c1-3-7(2)6-14-10-4-8(12)9(13)5-11(10)15(16)17/h4-5,7,14H,3,6H2,1-2H3. The van der Waals surface area contributed by atoms with Crippen molar-refractivity contribution in [1.82, 2.24) is 0 Å². The summed E-state index contributed by atoms with van der Waals surface area (Å²) in [6, 6.07) is 2.43. The van der Waals surface area contributed by atoms with Gasteiger partial charge in [-0.1, -0.05) is 20.3 Å². The molecule has 0 bridgehead atoms. The van der Waals surface area contributed by atoms with E-state index >= 15 is 0 Å². The van der Waals surface area contributed by atoms with E-state index in [-0.39, 0.29) is 14.9 Å². The zero-order valence-electron chi connectivity index (χ0n) is 9.67. The van der Waals surface area contributed by atoms with Crippen LogP contribution < -0.4 is 5.32 Å². The Morgan fingerprint density at radius 1 is 1.59 bits per heavy atom. The highest BCUT2D eigenvalue weighted by Gasteiger charge is 2.17. The van der Waals surface area contributed by atoms with E-state index in [9.17, 15) is 14.5 Å².